The molecule has 2 fully saturated rings. The minimum atomic E-state index is -4.90. The molecule has 0 atom stereocenters. The zero-order chi connectivity index (χ0) is 29.1. The standard InChI is InChI=1S/C26H28F6N4O4/c27-25(28,29)18-2-1-3-19(16-18)34-14-12-33(13-15-34)9-8-24(37)35-10-6-20(7-11-35)40-21-4-5-23(36(38)39)22(17-21)26(30,31)32/h1-5,16-17,20H,6-15H2. The average Bonchev–Trinajstić information content (AvgIpc) is 2.91. The van der Waals surface area contributed by atoms with Gasteiger partial charge in [-0.25, -0.2) is 0 Å². The van der Waals surface area contributed by atoms with E-state index in [9.17, 15) is 41.3 Å². The second kappa shape index (κ2) is 11.9. The van der Waals surface area contributed by atoms with Crippen molar-refractivity contribution in [3.05, 3.63) is 63.7 Å². The number of piperidine rings is 1. The van der Waals surface area contributed by atoms with E-state index in [0.29, 0.717) is 70.4 Å². The fraction of sp³-hybridized carbons (Fsp3) is 0.500. The first-order valence-corrected chi connectivity index (χ1v) is 12.8. The molecule has 1 amide bonds. The number of nitro benzene ring substituents is 1. The summed E-state index contributed by atoms with van der Waals surface area (Å²) in [5.41, 5.74) is -2.60. The van der Waals surface area contributed by atoms with Crippen LogP contribution in [0.25, 0.3) is 0 Å². The van der Waals surface area contributed by atoms with E-state index in [1.54, 1.807) is 11.0 Å². The molecule has 2 aromatic rings. The van der Waals surface area contributed by atoms with Gasteiger partial charge in [-0.15, -0.1) is 0 Å². The van der Waals surface area contributed by atoms with Crippen molar-refractivity contribution in [2.24, 2.45) is 0 Å². The molecule has 14 heteroatoms. The number of nitro groups is 1. The van der Waals surface area contributed by atoms with Crippen LogP contribution in [0.2, 0.25) is 0 Å². The van der Waals surface area contributed by atoms with E-state index >= 15 is 0 Å². The summed E-state index contributed by atoms with van der Waals surface area (Å²) in [6, 6.07) is 7.77. The Morgan fingerprint density at radius 3 is 2.20 bits per heavy atom. The maximum absolute atomic E-state index is 13.2. The molecule has 0 N–H and O–H groups in total. The van der Waals surface area contributed by atoms with Gasteiger partial charge in [0.25, 0.3) is 5.69 Å². The van der Waals surface area contributed by atoms with Crippen LogP contribution in [0.4, 0.5) is 37.7 Å². The molecule has 2 aliphatic rings. The Morgan fingerprint density at radius 1 is 0.925 bits per heavy atom. The smallest absolute Gasteiger partial charge is 0.423 e. The highest BCUT2D eigenvalue weighted by Gasteiger charge is 2.39. The minimum Gasteiger partial charge on any atom is -0.490 e. The highest BCUT2D eigenvalue weighted by molar-refractivity contribution is 5.76. The lowest BCUT2D eigenvalue weighted by molar-refractivity contribution is -0.388. The van der Waals surface area contributed by atoms with E-state index in [1.165, 1.54) is 6.07 Å². The fourth-order valence-corrected chi connectivity index (χ4v) is 4.91. The molecule has 0 spiro atoms. The van der Waals surface area contributed by atoms with E-state index in [1.807, 2.05) is 4.90 Å². The SMILES string of the molecule is O=C(CCN1CCN(c2cccc(C(F)(F)F)c2)CC1)N1CCC(Oc2ccc([N+](=O)[O-])c(C(F)(F)F)c2)CC1. The summed E-state index contributed by atoms with van der Waals surface area (Å²) in [5.74, 6) is -0.180. The number of alkyl halides is 6. The third-order valence-corrected chi connectivity index (χ3v) is 7.12. The number of nitrogens with zero attached hydrogens (tertiary/aromatic N) is 4. The predicted octanol–water partition coefficient (Wildman–Crippen LogP) is 5.21. The number of hydrogen-bond acceptors (Lipinski definition) is 6. The number of anilines is 1. The van der Waals surface area contributed by atoms with Crippen LogP contribution < -0.4 is 9.64 Å². The number of benzene rings is 2. The van der Waals surface area contributed by atoms with Crippen LogP contribution in [0, 0.1) is 10.1 Å². The molecule has 0 unspecified atom stereocenters. The number of hydrogen-bond donors (Lipinski definition) is 0. The number of piperazine rings is 1. The van der Waals surface area contributed by atoms with E-state index in [0.717, 1.165) is 24.3 Å². The van der Waals surface area contributed by atoms with Gasteiger partial charge in [0.05, 0.1) is 10.5 Å². The van der Waals surface area contributed by atoms with Gasteiger partial charge in [0, 0.05) is 76.8 Å². The lowest BCUT2D eigenvalue weighted by Crippen LogP contribution is -2.48. The van der Waals surface area contributed by atoms with Crippen molar-refractivity contribution in [3.8, 4) is 5.75 Å². The molecule has 2 heterocycles. The van der Waals surface area contributed by atoms with Crippen molar-refractivity contribution in [2.75, 3.05) is 50.7 Å². The van der Waals surface area contributed by atoms with E-state index in [2.05, 4.69) is 4.90 Å². The first-order valence-electron chi connectivity index (χ1n) is 12.8. The Bertz CT molecular complexity index is 1210. The minimum absolute atomic E-state index is 0.0616. The van der Waals surface area contributed by atoms with Crippen LogP contribution in [-0.2, 0) is 17.1 Å². The summed E-state index contributed by atoms with van der Waals surface area (Å²) in [6.45, 7) is 3.53. The number of halogens is 6. The van der Waals surface area contributed by atoms with Gasteiger partial charge in [0.1, 0.15) is 17.4 Å². The van der Waals surface area contributed by atoms with Gasteiger partial charge in [0.2, 0.25) is 5.91 Å². The molecule has 0 aliphatic carbocycles. The number of rotatable bonds is 7. The molecule has 2 aliphatic heterocycles. The maximum Gasteiger partial charge on any atom is 0.423 e. The van der Waals surface area contributed by atoms with Gasteiger partial charge in [-0.05, 0) is 30.3 Å². The molecular formula is C26H28F6N4O4. The molecule has 218 valence electrons. The highest BCUT2D eigenvalue weighted by Crippen LogP contribution is 2.38. The van der Waals surface area contributed by atoms with Crippen LogP contribution in [-0.4, -0.2) is 72.5 Å². The van der Waals surface area contributed by atoms with Gasteiger partial charge in [-0.2, -0.15) is 26.3 Å². The Kier molecular flexibility index (Phi) is 8.76. The number of carbonyl (C=O) groups is 1. The monoisotopic (exact) mass is 574 g/mol. The summed E-state index contributed by atoms with van der Waals surface area (Å²) in [5, 5.41) is 10.9. The highest BCUT2D eigenvalue weighted by atomic mass is 19.4. The van der Waals surface area contributed by atoms with Crippen molar-refractivity contribution in [1.82, 2.24) is 9.80 Å². The molecule has 0 aromatic heterocycles. The molecular weight excluding hydrogens is 546 g/mol. The van der Waals surface area contributed by atoms with Gasteiger partial charge < -0.3 is 14.5 Å². The third kappa shape index (κ3) is 7.34. The second-order valence-corrected chi connectivity index (χ2v) is 9.76. The Hall–Kier alpha value is -3.55. The van der Waals surface area contributed by atoms with Crippen LogP contribution in [0.15, 0.2) is 42.5 Å². The molecule has 0 radical (unpaired) electrons. The Balaban J connectivity index is 1.21. The van der Waals surface area contributed by atoms with Crippen LogP contribution >= 0.6 is 0 Å². The Labute approximate surface area is 226 Å². The van der Waals surface area contributed by atoms with E-state index < -0.39 is 40.2 Å². The summed E-state index contributed by atoms with van der Waals surface area (Å²) in [7, 11) is 0. The molecule has 4 rings (SSSR count). The number of likely N-dealkylation sites (tertiary alicyclic amines) is 1. The number of amides is 1. The third-order valence-electron chi connectivity index (χ3n) is 7.12. The first-order chi connectivity index (χ1) is 18.8. The van der Waals surface area contributed by atoms with Crippen LogP contribution in [0.3, 0.4) is 0 Å². The maximum atomic E-state index is 13.2. The molecule has 0 saturated carbocycles. The summed E-state index contributed by atoms with van der Waals surface area (Å²) < 4.78 is 84.3. The van der Waals surface area contributed by atoms with Crippen LogP contribution in [0.1, 0.15) is 30.4 Å². The largest absolute Gasteiger partial charge is 0.490 e. The second-order valence-electron chi connectivity index (χ2n) is 9.76. The first kappa shape index (κ1) is 29.4. The summed E-state index contributed by atoms with van der Waals surface area (Å²) in [4.78, 5) is 28.2. The van der Waals surface area contributed by atoms with Gasteiger partial charge in [-0.3, -0.25) is 19.8 Å². The average molecular weight is 575 g/mol. The van der Waals surface area contributed by atoms with Crippen molar-refractivity contribution in [3.63, 3.8) is 0 Å². The molecule has 2 saturated heterocycles. The summed E-state index contributed by atoms with van der Waals surface area (Å²) in [6.07, 6.45) is -8.66. The zero-order valence-corrected chi connectivity index (χ0v) is 21.4. The lowest BCUT2D eigenvalue weighted by Gasteiger charge is -2.37. The molecule has 0 bridgehead atoms. The van der Waals surface area contributed by atoms with Crippen molar-refractivity contribution in [1.29, 1.82) is 0 Å². The van der Waals surface area contributed by atoms with Gasteiger partial charge in [0.15, 0.2) is 0 Å². The fourth-order valence-electron chi connectivity index (χ4n) is 4.91. The quantitative estimate of drug-likeness (QED) is 0.257. The van der Waals surface area contributed by atoms with E-state index in [-0.39, 0.29) is 18.1 Å². The normalized spacial score (nSPS) is 17.6. The number of carbonyl (C=O) groups excluding carboxylic acids is 1. The summed E-state index contributed by atoms with van der Waals surface area (Å²) >= 11 is 0. The lowest BCUT2D eigenvalue weighted by atomic mass is 10.1. The van der Waals surface area contributed by atoms with Gasteiger partial charge >= 0.3 is 12.4 Å². The van der Waals surface area contributed by atoms with Crippen LogP contribution in [0.5, 0.6) is 5.75 Å². The zero-order valence-electron chi connectivity index (χ0n) is 21.4. The predicted molar refractivity (Wildman–Crippen MR) is 133 cm³/mol. The Morgan fingerprint density at radius 2 is 1.60 bits per heavy atom. The van der Waals surface area contributed by atoms with Crippen molar-refractivity contribution >= 4 is 17.3 Å². The number of ether oxygens (including phenoxy) is 1. The molecule has 40 heavy (non-hydrogen) atoms. The van der Waals surface area contributed by atoms with Crippen molar-refractivity contribution < 1.29 is 40.8 Å². The molecule has 2 aromatic carbocycles. The van der Waals surface area contributed by atoms with E-state index in [4.69, 9.17) is 4.74 Å². The van der Waals surface area contributed by atoms with Crippen molar-refractivity contribution in [2.45, 2.75) is 37.7 Å². The topological polar surface area (TPSA) is 79.2 Å². The van der Waals surface area contributed by atoms with Gasteiger partial charge in [-0.1, -0.05) is 6.07 Å². The molecule has 8 nitrogen and oxygen atoms in total.